The summed E-state index contributed by atoms with van der Waals surface area (Å²) in [4.78, 5) is 19.9. The van der Waals surface area contributed by atoms with E-state index in [-0.39, 0.29) is 12.0 Å². The van der Waals surface area contributed by atoms with Gasteiger partial charge in [-0.15, -0.1) is 10.2 Å². The number of hydrogen-bond acceptors (Lipinski definition) is 6. The van der Waals surface area contributed by atoms with Crippen molar-refractivity contribution in [3.05, 3.63) is 42.1 Å². The third kappa shape index (κ3) is 4.11. The number of fused-ring (bicyclic) bond motifs is 1. The Morgan fingerprint density at radius 1 is 1.21 bits per heavy atom. The zero-order valence-electron chi connectivity index (χ0n) is 16.9. The highest BCUT2D eigenvalue weighted by Gasteiger charge is 2.27. The number of benzene rings is 1. The summed E-state index contributed by atoms with van der Waals surface area (Å²) in [7, 11) is 5.45. The number of H-pyrrole nitrogens is 1. The quantitative estimate of drug-likeness (QED) is 0.715. The van der Waals surface area contributed by atoms with Crippen LogP contribution in [0.5, 0.6) is 11.6 Å². The number of hydrogen-bond donors (Lipinski definition) is 1. The van der Waals surface area contributed by atoms with E-state index in [0.29, 0.717) is 24.7 Å². The highest BCUT2D eigenvalue weighted by atomic mass is 16.5. The zero-order valence-corrected chi connectivity index (χ0v) is 16.9. The molecule has 3 aromatic rings. The van der Waals surface area contributed by atoms with E-state index in [1.54, 1.807) is 7.11 Å². The molecule has 1 amide bonds. The van der Waals surface area contributed by atoms with Gasteiger partial charge >= 0.3 is 0 Å². The number of nitrogens with one attached hydrogen (secondary N) is 1. The fourth-order valence-corrected chi connectivity index (χ4v) is 3.52. The van der Waals surface area contributed by atoms with E-state index in [2.05, 4.69) is 15.2 Å². The van der Waals surface area contributed by atoms with Gasteiger partial charge in [0, 0.05) is 43.7 Å². The molecule has 3 heterocycles. The molecule has 29 heavy (non-hydrogen) atoms. The van der Waals surface area contributed by atoms with Gasteiger partial charge in [-0.2, -0.15) is 0 Å². The fourth-order valence-electron chi connectivity index (χ4n) is 3.52. The van der Waals surface area contributed by atoms with Crippen molar-refractivity contribution >= 4 is 22.6 Å². The van der Waals surface area contributed by atoms with E-state index >= 15 is 0 Å². The Hall–Kier alpha value is -3.29. The van der Waals surface area contributed by atoms with Gasteiger partial charge in [-0.25, -0.2) is 0 Å². The number of methoxy groups -OCH3 is 1. The number of carbonyl (C=O) groups is 1. The number of anilines is 1. The summed E-state index contributed by atoms with van der Waals surface area (Å²) < 4.78 is 11.2. The van der Waals surface area contributed by atoms with Gasteiger partial charge in [-0.05, 0) is 37.1 Å². The van der Waals surface area contributed by atoms with E-state index in [9.17, 15) is 4.79 Å². The Morgan fingerprint density at radius 2 is 2.07 bits per heavy atom. The number of carbonyl (C=O) groups excluding carboxylic acids is 1. The number of piperidine rings is 1. The van der Waals surface area contributed by atoms with Gasteiger partial charge in [0.2, 0.25) is 5.88 Å². The van der Waals surface area contributed by atoms with Crippen molar-refractivity contribution in [3.8, 4) is 11.6 Å². The summed E-state index contributed by atoms with van der Waals surface area (Å²) in [6, 6.07) is 11.3. The highest BCUT2D eigenvalue weighted by molar-refractivity contribution is 5.98. The van der Waals surface area contributed by atoms with Crippen molar-refractivity contribution < 1.29 is 14.3 Å². The maximum Gasteiger partial charge on any atom is 0.270 e. The summed E-state index contributed by atoms with van der Waals surface area (Å²) >= 11 is 0. The molecule has 0 saturated carbocycles. The lowest BCUT2D eigenvalue weighted by atomic mass is 10.1. The van der Waals surface area contributed by atoms with Gasteiger partial charge in [-0.3, -0.25) is 4.79 Å². The Labute approximate surface area is 169 Å². The first-order valence-corrected chi connectivity index (χ1v) is 9.67. The minimum Gasteiger partial charge on any atom is -0.497 e. The minimum absolute atomic E-state index is 0.0255. The van der Waals surface area contributed by atoms with E-state index in [0.717, 1.165) is 35.3 Å². The zero-order chi connectivity index (χ0) is 20.4. The van der Waals surface area contributed by atoms with Crippen molar-refractivity contribution in [3.63, 3.8) is 0 Å². The lowest BCUT2D eigenvalue weighted by molar-refractivity contribution is 0.0521. The topological polar surface area (TPSA) is 83.6 Å². The molecule has 1 atom stereocenters. The fraction of sp³-hybridized carbons (Fsp3) is 0.381. The van der Waals surface area contributed by atoms with Crippen LogP contribution >= 0.6 is 0 Å². The largest absolute Gasteiger partial charge is 0.497 e. The molecule has 8 heteroatoms. The van der Waals surface area contributed by atoms with Crippen LogP contribution in [0.4, 0.5) is 5.82 Å². The summed E-state index contributed by atoms with van der Waals surface area (Å²) in [5.74, 6) is 1.98. The first-order chi connectivity index (χ1) is 14.0. The molecule has 1 N–H and O–H groups in total. The van der Waals surface area contributed by atoms with Crippen LogP contribution in [0.1, 0.15) is 23.3 Å². The van der Waals surface area contributed by atoms with Crippen molar-refractivity contribution in [2.24, 2.45) is 0 Å². The molecule has 1 unspecified atom stereocenters. The van der Waals surface area contributed by atoms with Crippen LogP contribution in [0.3, 0.4) is 0 Å². The van der Waals surface area contributed by atoms with Crippen molar-refractivity contribution in [1.82, 2.24) is 20.1 Å². The maximum absolute atomic E-state index is 13.0. The second kappa shape index (κ2) is 7.98. The summed E-state index contributed by atoms with van der Waals surface area (Å²) in [5, 5.41) is 9.25. The molecular weight excluding hydrogens is 370 g/mol. The Kier molecular flexibility index (Phi) is 5.24. The van der Waals surface area contributed by atoms with Crippen molar-refractivity contribution in [2.45, 2.75) is 18.9 Å². The molecule has 2 aromatic heterocycles. The second-order valence-electron chi connectivity index (χ2n) is 7.39. The molecule has 0 spiro atoms. The van der Waals surface area contributed by atoms with Gasteiger partial charge in [0.05, 0.1) is 13.7 Å². The number of nitrogens with zero attached hydrogens (tertiary/aromatic N) is 4. The third-order valence-corrected chi connectivity index (χ3v) is 5.10. The number of aromatic nitrogens is 3. The molecule has 152 valence electrons. The molecule has 1 aliphatic rings. The Bertz CT molecular complexity index is 999. The molecule has 0 bridgehead atoms. The summed E-state index contributed by atoms with van der Waals surface area (Å²) in [6.07, 6.45) is 1.66. The molecule has 0 radical (unpaired) electrons. The van der Waals surface area contributed by atoms with Crippen LogP contribution in [0, 0.1) is 0 Å². The lowest BCUT2D eigenvalue weighted by Gasteiger charge is -2.32. The number of ether oxygens (including phenoxy) is 2. The number of rotatable bonds is 5. The van der Waals surface area contributed by atoms with Gasteiger partial charge in [0.15, 0.2) is 5.82 Å². The van der Waals surface area contributed by atoms with Crippen LogP contribution in [0.25, 0.3) is 10.9 Å². The normalized spacial score (nSPS) is 16.7. The summed E-state index contributed by atoms with van der Waals surface area (Å²) in [6.45, 7) is 1.23. The Morgan fingerprint density at radius 3 is 2.79 bits per heavy atom. The molecule has 4 rings (SSSR count). The van der Waals surface area contributed by atoms with Crippen LogP contribution in [-0.2, 0) is 0 Å². The number of amides is 1. The molecule has 1 aromatic carbocycles. The predicted molar refractivity (Wildman–Crippen MR) is 111 cm³/mol. The van der Waals surface area contributed by atoms with E-state index in [1.807, 2.05) is 60.3 Å². The van der Waals surface area contributed by atoms with Crippen LogP contribution in [0.2, 0.25) is 0 Å². The molecule has 1 saturated heterocycles. The van der Waals surface area contributed by atoms with Crippen molar-refractivity contribution in [2.75, 3.05) is 39.2 Å². The van der Waals surface area contributed by atoms with Crippen LogP contribution in [-0.4, -0.2) is 66.4 Å². The van der Waals surface area contributed by atoms with Gasteiger partial charge in [-0.1, -0.05) is 0 Å². The van der Waals surface area contributed by atoms with Gasteiger partial charge in [0.1, 0.15) is 17.5 Å². The number of aromatic amines is 1. The first-order valence-electron chi connectivity index (χ1n) is 9.67. The monoisotopic (exact) mass is 395 g/mol. The smallest absolute Gasteiger partial charge is 0.270 e. The van der Waals surface area contributed by atoms with E-state index in [1.165, 1.54) is 0 Å². The lowest BCUT2D eigenvalue weighted by Crippen LogP contribution is -2.44. The minimum atomic E-state index is -0.100. The van der Waals surface area contributed by atoms with Crippen LogP contribution < -0.4 is 14.4 Å². The van der Waals surface area contributed by atoms with Gasteiger partial charge in [0.25, 0.3) is 5.91 Å². The standard InChI is InChI=1S/C21H25N5O3/c1-25(2)19-8-9-20(24-23-19)29-16-5-4-10-26(13-16)21(27)18-11-14-6-7-15(28-3)12-17(14)22-18/h6-9,11-12,16,22H,4-5,10,13H2,1-3H3. The number of likely N-dealkylation sites (tertiary alicyclic amines) is 1. The average Bonchev–Trinajstić information content (AvgIpc) is 3.17. The van der Waals surface area contributed by atoms with E-state index in [4.69, 9.17) is 9.47 Å². The SMILES string of the molecule is COc1ccc2cc(C(=O)N3CCCC(Oc4ccc(N(C)C)nn4)C3)[nH]c2c1. The van der Waals surface area contributed by atoms with E-state index < -0.39 is 0 Å². The van der Waals surface area contributed by atoms with Gasteiger partial charge < -0.3 is 24.3 Å². The summed E-state index contributed by atoms with van der Waals surface area (Å²) in [5.41, 5.74) is 1.46. The van der Waals surface area contributed by atoms with Crippen molar-refractivity contribution in [1.29, 1.82) is 0 Å². The average molecular weight is 395 g/mol. The predicted octanol–water partition coefficient (Wildman–Crippen LogP) is 2.72. The second-order valence-corrected chi connectivity index (χ2v) is 7.39. The highest BCUT2D eigenvalue weighted by Crippen LogP contribution is 2.23. The molecule has 0 aliphatic carbocycles. The molecule has 1 aliphatic heterocycles. The van der Waals surface area contributed by atoms with Crippen LogP contribution in [0.15, 0.2) is 36.4 Å². The molecular formula is C21H25N5O3. The molecule has 8 nitrogen and oxygen atoms in total. The maximum atomic E-state index is 13.0. The Balaban J connectivity index is 1.44. The first kappa shape index (κ1) is 19.0. The molecule has 1 fully saturated rings. The third-order valence-electron chi connectivity index (χ3n) is 5.10.